The molecule has 0 aliphatic carbocycles. The van der Waals surface area contributed by atoms with Gasteiger partial charge in [0.2, 0.25) is 0 Å². The Kier molecular flexibility index (Phi) is 74.4. The van der Waals surface area contributed by atoms with E-state index in [0.29, 0.717) is 25.7 Å². The van der Waals surface area contributed by atoms with E-state index in [-0.39, 0.29) is 25.7 Å². The third-order valence-electron chi connectivity index (χ3n) is 19.5. The fraction of sp³-hybridized carbons (Fsp3) is 0.952. The Bertz CT molecular complexity index is 1940. The maximum Gasteiger partial charge on any atom is 0.472 e. The van der Waals surface area contributed by atoms with Crippen molar-refractivity contribution >= 4 is 39.5 Å². The molecule has 0 bridgehead atoms. The second kappa shape index (κ2) is 75.9. The Morgan fingerprint density at radius 2 is 0.451 bits per heavy atom. The summed E-state index contributed by atoms with van der Waals surface area (Å²) in [7, 11) is -9.92. The largest absolute Gasteiger partial charge is 0.472 e. The van der Waals surface area contributed by atoms with Gasteiger partial charge in [0.15, 0.2) is 12.2 Å². The average molecular weight is 1490 g/mol. The Morgan fingerprint density at radius 1 is 0.265 bits per heavy atom. The fourth-order valence-corrected chi connectivity index (χ4v) is 14.5. The van der Waals surface area contributed by atoms with E-state index in [1.54, 1.807) is 0 Å². The van der Waals surface area contributed by atoms with E-state index < -0.39 is 97.5 Å². The third kappa shape index (κ3) is 76.3. The van der Waals surface area contributed by atoms with Crippen LogP contribution in [0.4, 0.5) is 0 Å². The molecule has 0 radical (unpaired) electrons. The number of ether oxygens (including phenoxy) is 4. The van der Waals surface area contributed by atoms with Gasteiger partial charge in [-0.25, -0.2) is 9.13 Å². The molecule has 0 aliphatic rings. The van der Waals surface area contributed by atoms with E-state index >= 15 is 0 Å². The summed E-state index contributed by atoms with van der Waals surface area (Å²) in [6.45, 7) is 7.36. The van der Waals surface area contributed by atoms with E-state index in [9.17, 15) is 43.2 Å². The van der Waals surface area contributed by atoms with Crippen molar-refractivity contribution in [3.63, 3.8) is 0 Å². The van der Waals surface area contributed by atoms with Crippen LogP contribution in [-0.4, -0.2) is 96.7 Å². The number of phosphoric acid groups is 2. The van der Waals surface area contributed by atoms with Gasteiger partial charge in [0.1, 0.15) is 19.3 Å². The minimum absolute atomic E-state index is 0.108. The summed E-state index contributed by atoms with van der Waals surface area (Å²) in [5.41, 5.74) is 0. The van der Waals surface area contributed by atoms with Gasteiger partial charge in [-0.3, -0.25) is 37.3 Å². The highest BCUT2D eigenvalue weighted by Gasteiger charge is 2.30. The first kappa shape index (κ1) is 100. The van der Waals surface area contributed by atoms with Crippen molar-refractivity contribution in [2.45, 2.75) is 464 Å². The lowest BCUT2D eigenvalue weighted by atomic mass is 10.0. The number of aliphatic hydroxyl groups excluding tert-OH is 1. The molecule has 0 rings (SSSR count). The summed E-state index contributed by atoms with van der Waals surface area (Å²) >= 11 is 0. The van der Waals surface area contributed by atoms with E-state index in [1.807, 2.05) is 0 Å². The van der Waals surface area contributed by atoms with E-state index in [2.05, 4.69) is 34.6 Å². The highest BCUT2D eigenvalue weighted by molar-refractivity contribution is 7.47. The van der Waals surface area contributed by atoms with Crippen molar-refractivity contribution in [3.05, 3.63) is 0 Å². The molecule has 0 fully saturated rings. The van der Waals surface area contributed by atoms with Gasteiger partial charge in [-0.05, 0) is 31.6 Å². The lowest BCUT2D eigenvalue weighted by Crippen LogP contribution is -2.30. The summed E-state index contributed by atoms with van der Waals surface area (Å²) in [6.07, 6.45) is 67.9. The number of carbonyl (C=O) groups excluding carboxylic acids is 4. The van der Waals surface area contributed by atoms with E-state index in [1.165, 1.54) is 270 Å². The number of unbranched alkanes of at least 4 members (excludes halogenated alkanes) is 55. The molecule has 3 N–H and O–H groups in total. The average Bonchev–Trinajstić information content (AvgIpc) is 0.925. The van der Waals surface area contributed by atoms with Crippen molar-refractivity contribution in [2.24, 2.45) is 5.92 Å². The zero-order valence-corrected chi connectivity index (χ0v) is 68.5. The molecule has 5 atom stereocenters. The van der Waals surface area contributed by atoms with Crippen LogP contribution in [0.2, 0.25) is 0 Å². The summed E-state index contributed by atoms with van der Waals surface area (Å²) in [4.78, 5) is 73.1. The van der Waals surface area contributed by atoms with Gasteiger partial charge < -0.3 is 33.8 Å². The summed E-state index contributed by atoms with van der Waals surface area (Å²) in [6, 6.07) is 0. The molecule has 0 aromatic heterocycles. The molecule has 0 heterocycles. The molecule has 606 valence electrons. The molecular weight excluding hydrogens is 1330 g/mol. The second-order valence-electron chi connectivity index (χ2n) is 30.3. The first-order chi connectivity index (χ1) is 49.5. The molecule has 19 heteroatoms. The first-order valence-corrected chi connectivity index (χ1v) is 46.1. The Hall–Kier alpha value is -1.94. The van der Waals surface area contributed by atoms with Crippen molar-refractivity contribution in [3.8, 4) is 0 Å². The van der Waals surface area contributed by atoms with Crippen LogP contribution in [0.15, 0.2) is 0 Å². The Morgan fingerprint density at radius 3 is 0.667 bits per heavy atom. The van der Waals surface area contributed by atoms with Gasteiger partial charge >= 0.3 is 39.5 Å². The third-order valence-corrected chi connectivity index (χ3v) is 21.4. The number of hydrogen-bond acceptors (Lipinski definition) is 15. The quantitative estimate of drug-likeness (QED) is 0.0222. The molecule has 0 spiro atoms. The molecule has 0 aromatic rings. The maximum absolute atomic E-state index is 13.1. The van der Waals surface area contributed by atoms with Crippen LogP contribution in [0.3, 0.4) is 0 Å². The zero-order valence-electron chi connectivity index (χ0n) is 66.8. The lowest BCUT2D eigenvalue weighted by molar-refractivity contribution is -0.161. The van der Waals surface area contributed by atoms with Crippen LogP contribution < -0.4 is 0 Å². The zero-order chi connectivity index (χ0) is 74.8. The van der Waals surface area contributed by atoms with Crippen molar-refractivity contribution in [1.29, 1.82) is 0 Å². The molecular formula is C83H162O17P2. The number of rotatable bonds is 83. The second-order valence-corrected chi connectivity index (χ2v) is 33.3. The molecule has 102 heavy (non-hydrogen) atoms. The molecule has 0 saturated heterocycles. The standard InChI is InChI=1S/C83H162O17P2/c1-6-9-12-15-18-21-24-27-28-29-30-31-32-33-34-37-44-49-54-59-64-69-83(88)100-79(73-94-81(86)67-62-57-52-47-42-39-38-40-45-50-55-60-65-76(4)5)75-98-102(91,92)96-71-77(84)70-95-101(89,90)97-74-78(99-82(87)68-63-58-53-48-43-36-26-23-20-17-14-11-8-3)72-93-80(85)66-61-56-51-46-41-35-25-22-19-16-13-10-7-2/h76-79,84H,6-75H2,1-5H3,(H,89,90)(H,91,92)/t77-,78+,79+/m0/s1. The Labute approximate surface area is 626 Å². The number of hydrogen-bond donors (Lipinski definition) is 3. The normalized spacial score (nSPS) is 13.8. The Balaban J connectivity index is 5.23. The number of aliphatic hydroxyl groups is 1. The van der Waals surface area contributed by atoms with Gasteiger partial charge in [-0.1, -0.05) is 394 Å². The fourth-order valence-electron chi connectivity index (χ4n) is 12.9. The van der Waals surface area contributed by atoms with Crippen LogP contribution in [0.5, 0.6) is 0 Å². The van der Waals surface area contributed by atoms with Crippen molar-refractivity contribution in [1.82, 2.24) is 0 Å². The highest BCUT2D eigenvalue weighted by Crippen LogP contribution is 2.45. The molecule has 0 saturated carbocycles. The number of phosphoric ester groups is 2. The smallest absolute Gasteiger partial charge is 0.462 e. The molecule has 0 aromatic carbocycles. The molecule has 0 amide bonds. The van der Waals surface area contributed by atoms with E-state index in [0.717, 1.165) is 95.8 Å². The lowest BCUT2D eigenvalue weighted by Gasteiger charge is -2.21. The summed E-state index contributed by atoms with van der Waals surface area (Å²) in [5, 5.41) is 10.7. The van der Waals surface area contributed by atoms with Crippen LogP contribution >= 0.6 is 15.6 Å². The maximum atomic E-state index is 13.1. The van der Waals surface area contributed by atoms with Crippen LogP contribution in [0.1, 0.15) is 446 Å². The van der Waals surface area contributed by atoms with Gasteiger partial charge in [0.05, 0.1) is 26.4 Å². The van der Waals surface area contributed by atoms with Crippen LogP contribution in [0, 0.1) is 5.92 Å². The highest BCUT2D eigenvalue weighted by atomic mass is 31.2. The molecule has 17 nitrogen and oxygen atoms in total. The minimum atomic E-state index is -4.96. The topological polar surface area (TPSA) is 237 Å². The van der Waals surface area contributed by atoms with Gasteiger partial charge in [0, 0.05) is 25.7 Å². The van der Waals surface area contributed by atoms with Gasteiger partial charge in [0.25, 0.3) is 0 Å². The molecule has 2 unspecified atom stereocenters. The van der Waals surface area contributed by atoms with E-state index in [4.69, 9.17) is 37.0 Å². The van der Waals surface area contributed by atoms with Crippen molar-refractivity contribution in [2.75, 3.05) is 39.6 Å². The monoisotopic (exact) mass is 1490 g/mol. The predicted octanol–water partition coefficient (Wildman–Crippen LogP) is 25.2. The minimum Gasteiger partial charge on any atom is -0.462 e. The van der Waals surface area contributed by atoms with Crippen molar-refractivity contribution < 1.29 is 80.2 Å². The summed E-state index contributed by atoms with van der Waals surface area (Å²) < 4.78 is 68.8. The van der Waals surface area contributed by atoms with Gasteiger partial charge in [-0.2, -0.15) is 0 Å². The predicted molar refractivity (Wildman–Crippen MR) is 418 cm³/mol. The molecule has 0 aliphatic heterocycles. The van der Waals surface area contributed by atoms with Crippen LogP contribution in [0.25, 0.3) is 0 Å². The SMILES string of the molecule is CCCCCCCCCCCCCCCCCCCCCCCC(=O)O[C@H](COC(=O)CCCCCCCCCCCCCCC(C)C)COP(=O)(O)OC[C@@H](O)COP(=O)(O)OC[C@@H](COC(=O)CCCCCCCCCCCCCCC)OC(=O)CCCCCCCCCCCCCCC. The number of esters is 4. The summed E-state index contributed by atoms with van der Waals surface area (Å²) in [5.74, 6) is -1.32. The van der Waals surface area contributed by atoms with Gasteiger partial charge in [-0.15, -0.1) is 0 Å². The van der Waals surface area contributed by atoms with Crippen LogP contribution in [-0.2, 0) is 65.4 Å². The number of carbonyl (C=O) groups is 4. The first-order valence-electron chi connectivity index (χ1n) is 43.1.